The van der Waals surface area contributed by atoms with Crippen molar-refractivity contribution >= 4 is 40.5 Å². The van der Waals surface area contributed by atoms with Crippen molar-refractivity contribution in [2.45, 2.75) is 37.9 Å². The maximum atomic E-state index is 13.9. The summed E-state index contributed by atoms with van der Waals surface area (Å²) >= 11 is 0. The maximum Gasteiger partial charge on any atom is 0.426 e. The van der Waals surface area contributed by atoms with Crippen LogP contribution >= 0.6 is 0 Å². The molecule has 0 aliphatic carbocycles. The van der Waals surface area contributed by atoms with Crippen LogP contribution < -0.4 is 21.3 Å². The monoisotopic (exact) mass is 640 g/mol. The van der Waals surface area contributed by atoms with Crippen molar-refractivity contribution < 1.29 is 23.6 Å². The van der Waals surface area contributed by atoms with Gasteiger partial charge in [-0.25, -0.2) is 14.4 Å². The summed E-state index contributed by atoms with van der Waals surface area (Å²) in [6, 6.07) is 15.8. The van der Waals surface area contributed by atoms with Crippen LogP contribution in [0.5, 0.6) is 0 Å². The molecule has 1 atom stereocenters. The largest absolute Gasteiger partial charge is 0.426 e. The van der Waals surface area contributed by atoms with Gasteiger partial charge in [-0.15, -0.1) is 5.06 Å². The standard InChI is InChI=1S/C33H36N8O6/c42-30(39-17-15-38(16-18-39)24-7-11-34-12-8-24)28(19-22-5-6-27-29(20-22)46-32(44)36-27)37-33(45)47-40-13-9-25(10-14-40)41-21-23-3-1-2-4-26(23)35-31(41)43/h1-8,11-12,20,25,28H,9-10,13-19,21H2,(H,35,43)(H,36,44)(H,37,45). The molecule has 4 aromatic rings. The number of oxazole rings is 1. The van der Waals surface area contributed by atoms with Crippen LogP contribution in [0.1, 0.15) is 24.0 Å². The molecular formula is C33H36N8O6. The molecule has 3 aliphatic rings. The lowest BCUT2D eigenvalue weighted by atomic mass is 10.0. The van der Waals surface area contributed by atoms with Crippen molar-refractivity contribution in [1.29, 1.82) is 0 Å². The number of pyridine rings is 1. The second-order valence-corrected chi connectivity index (χ2v) is 12.0. The summed E-state index contributed by atoms with van der Waals surface area (Å²) in [6.45, 7) is 3.69. The van der Waals surface area contributed by atoms with E-state index in [1.54, 1.807) is 40.6 Å². The lowest BCUT2D eigenvalue weighted by Crippen LogP contribution is -2.56. The third kappa shape index (κ3) is 6.77. The number of carbonyl (C=O) groups is 3. The lowest BCUT2D eigenvalue weighted by Gasteiger charge is -2.40. The SMILES string of the molecule is O=C(NC(Cc1ccc2[nH]c(=O)oc2c1)C(=O)N1CCN(c2ccncc2)CC1)ON1CCC(N2Cc3ccccc3NC2=O)CC1. The summed E-state index contributed by atoms with van der Waals surface area (Å²) < 4.78 is 5.22. The molecule has 2 fully saturated rings. The third-order valence-electron chi connectivity index (χ3n) is 9.07. The van der Waals surface area contributed by atoms with Gasteiger partial charge in [0.2, 0.25) is 5.91 Å². The van der Waals surface area contributed by atoms with Gasteiger partial charge in [0.05, 0.1) is 5.52 Å². The van der Waals surface area contributed by atoms with E-state index in [1.807, 2.05) is 41.3 Å². The molecule has 4 amide bonds. The number of aromatic amines is 1. The highest BCUT2D eigenvalue weighted by Gasteiger charge is 2.34. The molecule has 1 unspecified atom stereocenters. The Balaban J connectivity index is 0.983. The Morgan fingerprint density at radius 2 is 1.74 bits per heavy atom. The zero-order chi connectivity index (χ0) is 32.3. The molecule has 2 aromatic heterocycles. The molecule has 5 heterocycles. The van der Waals surface area contributed by atoms with E-state index in [1.165, 1.54) is 0 Å². The van der Waals surface area contributed by atoms with E-state index in [2.05, 4.69) is 25.5 Å². The number of urea groups is 1. The minimum Gasteiger partial charge on any atom is -0.408 e. The molecule has 0 saturated carbocycles. The molecule has 0 radical (unpaired) electrons. The quantitative estimate of drug-likeness (QED) is 0.276. The second-order valence-electron chi connectivity index (χ2n) is 12.0. The predicted octanol–water partition coefficient (Wildman–Crippen LogP) is 2.93. The predicted molar refractivity (Wildman–Crippen MR) is 173 cm³/mol. The Morgan fingerprint density at radius 1 is 0.979 bits per heavy atom. The van der Waals surface area contributed by atoms with Gasteiger partial charge in [0.25, 0.3) is 0 Å². The van der Waals surface area contributed by atoms with Crippen LogP contribution in [-0.4, -0.2) is 94.2 Å². The first-order valence-electron chi connectivity index (χ1n) is 15.8. The number of rotatable bonds is 7. The summed E-state index contributed by atoms with van der Waals surface area (Å²) in [4.78, 5) is 69.7. The summed E-state index contributed by atoms with van der Waals surface area (Å²) in [5, 5.41) is 7.35. The molecule has 7 rings (SSSR count). The number of nitrogens with zero attached hydrogens (tertiary/aromatic N) is 5. The molecule has 0 spiro atoms. The van der Waals surface area contributed by atoms with Gasteiger partial charge in [0.1, 0.15) is 6.04 Å². The summed E-state index contributed by atoms with van der Waals surface area (Å²) in [7, 11) is 0. The average molecular weight is 641 g/mol. The number of fused-ring (bicyclic) bond motifs is 2. The van der Waals surface area contributed by atoms with Gasteiger partial charge in [-0.1, -0.05) is 24.3 Å². The smallest absolute Gasteiger partial charge is 0.408 e. The molecule has 3 N–H and O–H groups in total. The zero-order valence-electron chi connectivity index (χ0n) is 25.8. The average Bonchev–Trinajstić information content (AvgIpc) is 3.47. The minimum atomic E-state index is -0.909. The molecule has 3 aliphatic heterocycles. The molecule has 244 valence electrons. The van der Waals surface area contributed by atoms with Crippen LogP contribution in [0.3, 0.4) is 0 Å². The van der Waals surface area contributed by atoms with Gasteiger partial charge < -0.3 is 34.6 Å². The number of para-hydroxylation sites is 1. The molecule has 0 bridgehead atoms. The van der Waals surface area contributed by atoms with E-state index in [0.717, 1.165) is 22.5 Å². The van der Waals surface area contributed by atoms with Crippen molar-refractivity contribution in [3.05, 3.63) is 88.7 Å². The van der Waals surface area contributed by atoms with Crippen LogP contribution in [0, 0.1) is 0 Å². The van der Waals surface area contributed by atoms with Crippen molar-refractivity contribution in [3.8, 4) is 0 Å². The Labute approximate surface area is 270 Å². The number of nitrogens with one attached hydrogen (secondary N) is 3. The molecule has 14 nitrogen and oxygen atoms in total. The first-order valence-corrected chi connectivity index (χ1v) is 15.8. The van der Waals surface area contributed by atoms with Crippen LogP contribution in [-0.2, 0) is 22.6 Å². The number of aromatic nitrogens is 2. The summed E-state index contributed by atoms with van der Waals surface area (Å²) in [5.41, 5.74) is 4.59. The third-order valence-corrected chi connectivity index (χ3v) is 9.07. The first kappa shape index (κ1) is 30.3. The molecular weight excluding hydrogens is 604 g/mol. The lowest BCUT2D eigenvalue weighted by molar-refractivity contribution is -0.136. The molecule has 2 aromatic carbocycles. The van der Waals surface area contributed by atoms with Crippen molar-refractivity contribution in [2.75, 3.05) is 49.5 Å². The van der Waals surface area contributed by atoms with Crippen LogP contribution in [0.4, 0.5) is 21.0 Å². The fraction of sp³-hybridized carbons (Fsp3) is 0.364. The minimum absolute atomic E-state index is 0.00908. The number of amides is 4. The summed E-state index contributed by atoms with van der Waals surface area (Å²) in [6.07, 6.45) is 4.21. The highest BCUT2D eigenvalue weighted by Crippen LogP contribution is 2.28. The maximum absolute atomic E-state index is 13.9. The number of piperidine rings is 1. The van der Waals surface area contributed by atoms with Gasteiger partial charge >= 0.3 is 17.9 Å². The second kappa shape index (κ2) is 13.2. The van der Waals surface area contributed by atoms with Crippen LogP contribution in [0.15, 0.2) is 76.2 Å². The van der Waals surface area contributed by atoms with Gasteiger partial charge in [0, 0.05) is 82.0 Å². The summed E-state index contributed by atoms with van der Waals surface area (Å²) in [5.74, 6) is -0.782. The van der Waals surface area contributed by atoms with Crippen molar-refractivity contribution in [1.82, 2.24) is 30.1 Å². The Bertz CT molecular complexity index is 1810. The van der Waals surface area contributed by atoms with Crippen molar-refractivity contribution in [2.24, 2.45) is 0 Å². The van der Waals surface area contributed by atoms with Gasteiger partial charge in [-0.2, -0.15) is 0 Å². The highest BCUT2D eigenvalue weighted by molar-refractivity contribution is 5.92. The highest BCUT2D eigenvalue weighted by atomic mass is 16.7. The number of anilines is 2. The number of hydrogen-bond acceptors (Lipinski definition) is 9. The van der Waals surface area contributed by atoms with Crippen LogP contribution in [0.2, 0.25) is 0 Å². The van der Waals surface area contributed by atoms with Crippen LogP contribution in [0.25, 0.3) is 11.1 Å². The van der Waals surface area contributed by atoms with Gasteiger partial charge in [0.15, 0.2) is 5.58 Å². The van der Waals surface area contributed by atoms with E-state index in [-0.39, 0.29) is 24.4 Å². The van der Waals surface area contributed by atoms with E-state index >= 15 is 0 Å². The number of piperazine rings is 1. The molecule has 47 heavy (non-hydrogen) atoms. The first-order chi connectivity index (χ1) is 22.9. The number of carbonyl (C=O) groups excluding carboxylic acids is 3. The van der Waals surface area contributed by atoms with Gasteiger partial charge in [-0.05, 0) is 54.3 Å². The fourth-order valence-electron chi connectivity index (χ4n) is 6.56. The molecule has 2 saturated heterocycles. The normalized spacial score (nSPS) is 18.0. The Hall–Kier alpha value is -5.37. The fourth-order valence-corrected chi connectivity index (χ4v) is 6.56. The van der Waals surface area contributed by atoms with E-state index in [9.17, 15) is 19.2 Å². The van der Waals surface area contributed by atoms with Crippen molar-refractivity contribution in [3.63, 3.8) is 0 Å². The molecule has 14 heteroatoms. The topological polar surface area (TPSA) is 156 Å². The number of hydrogen-bond donors (Lipinski definition) is 3. The Kier molecular flexibility index (Phi) is 8.48. The van der Waals surface area contributed by atoms with E-state index in [4.69, 9.17) is 9.25 Å². The van der Waals surface area contributed by atoms with E-state index in [0.29, 0.717) is 69.8 Å². The number of H-pyrrole nitrogens is 1. The zero-order valence-corrected chi connectivity index (χ0v) is 25.8. The number of hydroxylamine groups is 2. The number of benzene rings is 2. The van der Waals surface area contributed by atoms with E-state index < -0.39 is 17.9 Å². The Morgan fingerprint density at radius 3 is 2.53 bits per heavy atom. The van der Waals surface area contributed by atoms with Gasteiger partial charge in [-0.3, -0.25) is 14.8 Å².